The van der Waals surface area contributed by atoms with Gasteiger partial charge in [-0.3, -0.25) is 4.79 Å². The number of carbonyl (C=O) groups is 1. The van der Waals surface area contributed by atoms with E-state index in [4.69, 9.17) is 20.8 Å². The summed E-state index contributed by atoms with van der Waals surface area (Å²) >= 11 is 6.05. The molecule has 1 heterocycles. The number of nitrogens with one attached hydrogen (secondary N) is 1. The number of allylic oxidation sites excluding steroid dienone is 1. The SMILES string of the molecule is CCOc1c(/C(C)=C/C(=O)Nc2ccccc2F)cc2c(-c3ccc(Cl)cc3)coc2c1C. The number of para-hydroxylation sites is 1. The van der Waals surface area contributed by atoms with Gasteiger partial charge in [-0.25, -0.2) is 4.39 Å². The molecule has 0 aliphatic heterocycles. The van der Waals surface area contributed by atoms with Gasteiger partial charge in [-0.15, -0.1) is 0 Å². The molecule has 6 heteroatoms. The molecule has 0 aliphatic carbocycles. The van der Waals surface area contributed by atoms with Crippen LogP contribution in [-0.4, -0.2) is 12.5 Å². The van der Waals surface area contributed by atoms with E-state index < -0.39 is 11.7 Å². The number of aryl methyl sites for hydroxylation is 1. The van der Waals surface area contributed by atoms with Crippen LogP contribution in [0.25, 0.3) is 27.7 Å². The number of anilines is 1. The molecule has 0 bridgehead atoms. The average molecular weight is 464 g/mol. The Hall–Kier alpha value is -3.57. The van der Waals surface area contributed by atoms with Crippen LogP contribution >= 0.6 is 11.6 Å². The summed E-state index contributed by atoms with van der Waals surface area (Å²) in [5, 5.41) is 4.14. The number of fused-ring (bicyclic) bond motifs is 1. The number of rotatable bonds is 6. The van der Waals surface area contributed by atoms with Crippen LogP contribution in [0.3, 0.4) is 0 Å². The van der Waals surface area contributed by atoms with Gasteiger partial charge in [0.25, 0.3) is 0 Å². The highest BCUT2D eigenvalue weighted by atomic mass is 35.5. The lowest BCUT2D eigenvalue weighted by atomic mass is 9.96. The van der Waals surface area contributed by atoms with Crippen molar-refractivity contribution in [2.45, 2.75) is 20.8 Å². The Morgan fingerprint density at radius 2 is 1.91 bits per heavy atom. The molecule has 1 N–H and O–H groups in total. The summed E-state index contributed by atoms with van der Waals surface area (Å²) in [5.74, 6) is -0.271. The van der Waals surface area contributed by atoms with Crippen LogP contribution in [0.15, 0.2) is 71.4 Å². The maximum Gasteiger partial charge on any atom is 0.248 e. The van der Waals surface area contributed by atoms with E-state index in [1.807, 2.05) is 51.1 Å². The van der Waals surface area contributed by atoms with Crippen LogP contribution in [0, 0.1) is 12.7 Å². The zero-order chi connectivity index (χ0) is 23.5. The second-order valence-electron chi connectivity index (χ2n) is 7.64. The van der Waals surface area contributed by atoms with Gasteiger partial charge in [-0.05, 0) is 62.2 Å². The summed E-state index contributed by atoms with van der Waals surface area (Å²) < 4.78 is 25.8. The van der Waals surface area contributed by atoms with Crippen molar-refractivity contribution >= 4 is 39.7 Å². The number of halogens is 2. The zero-order valence-electron chi connectivity index (χ0n) is 18.5. The lowest BCUT2D eigenvalue weighted by molar-refractivity contribution is -0.111. The van der Waals surface area contributed by atoms with Gasteiger partial charge in [-0.2, -0.15) is 0 Å². The number of carbonyl (C=O) groups excluding carboxylic acids is 1. The van der Waals surface area contributed by atoms with Crippen molar-refractivity contribution in [3.8, 4) is 16.9 Å². The van der Waals surface area contributed by atoms with Crippen molar-refractivity contribution < 1.29 is 18.3 Å². The highest BCUT2D eigenvalue weighted by molar-refractivity contribution is 6.30. The maximum atomic E-state index is 13.9. The van der Waals surface area contributed by atoms with Crippen molar-refractivity contribution in [2.24, 2.45) is 0 Å². The minimum Gasteiger partial charge on any atom is -0.493 e. The Labute approximate surface area is 196 Å². The van der Waals surface area contributed by atoms with E-state index >= 15 is 0 Å². The number of hydrogen-bond donors (Lipinski definition) is 1. The summed E-state index contributed by atoms with van der Waals surface area (Å²) in [6.07, 6.45) is 3.15. The highest BCUT2D eigenvalue weighted by Gasteiger charge is 2.19. The molecule has 3 aromatic carbocycles. The fraction of sp³-hybridized carbons (Fsp3) is 0.148. The minimum absolute atomic E-state index is 0.128. The Morgan fingerprint density at radius 3 is 2.61 bits per heavy atom. The van der Waals surface area contributed by atoms with Crippen molar-refractivity contribution in [1.29, 1.82) is 0 Å². The molecule has 0 spiro atoms. The van der Waals surface area contributed by atoms with Crippen molar-refractivity contribution in [3.63, 3.8) is 0 Å². The predicted molar refractivity (Wildman–Crippen MR) is 131 cm³/mol. The molecule has 0 aliphatic rings. The van der Waals surface area contributed by atoms with Gasteiger partial charge < -0.3 is 14.5 Å². The molecule has 0 atom stereocenters. The van der Waals surface area contributed by atoms with Gasteiger partial charge >= 0.3 is 0 Å². The van der Waals surface area contributed by atoms with Crippen LogP contribution in [0.2, 0.25) is 5.02 Å². The predicted octanol–water partition coefficient (Wildman–Crippen LogP) is 7.64. The molecule has 33 heavy (non-hydrogen) atoms. The molecule has 4 rings (SSSR count). The van der Waals surface area contributed by atoms with E-state index in [0.717, 1.165) is 33.2 Å². The molecule has 0 saturated heterocycles. The minimum atomic E-state index is -0.491. The fourth-order valence-electron chi connectivity index (χ4n) is 3.80. The molecule has 4 aromatic rings. The number of amides is 1. The number of hydrogen-bond acceptors (Lipinski definition) is 3. The van der Waals surface area contributed by atoms with E-state index in [1.54, 1.807) is 18.4 Å². The average Bonchev–Trinajstić information content (AvgIpc) is 3.22. The molecule has 1 aromatic heterocycles. The molecule has 0 radical (unpaired) electrons. The van der Waals surface area contributed by atoms with E-state index in [9.17, 15) is 9.18 Å². The summed E-state index contributed by atoms with van der Waals surface area (Å²) in [7, 11) is 0. The number of furan rings is 1. The second-order valence-corrected chi connectivity index (χ2v) is 8.08. The third-order valence-electron chi connectivity index (χ3n) is 5.39. The Morgan fingerprint density at radius 1 is 1.18 bits per heavy atom. The zero-order valence-corrected chi connectivity index (χ0v) is 19.3. The smallest absolute Gasteiger partial charge is 0.248 e. The Kier molecular flexibility index (Phi) is 6.52. The van der Waals surface area contributed by atoms with Crippen LogP contribution < -0.4 is 10.1 Å². The maximum absolute atomic E-state index is 13.9. The lowest BCUT2D eigenvalue weighted by Gasteiger charge is -2.15. The third-order valence-corrected chi connectivity index (χ3v) is 5.64. The third kappa shape index (κ3) is 4.64. The van der Waals surface area contributed by atoms with E-state index in [0.29, 0.717) is 23.0 Å². The van der Waals surface area contributed by atoms with Crippen LogP contribution in [0.5, 0.6) is 5.75 Å². The first kappa shape index (κ1) is 22.6. The first-order valence-corrected chi connectivity index (χ1v) is 10.9. The van der Waals surface area contributed by atoms with Crippen molar-refractivity contribution in [1.82, 2.24) is 0 Å². The first-order chi connectivity index (χ1) is 15.9. The largest absolute Gasteiger partial charge is 0.493 e. The monoisotopic (exact) mass is 463 g/mol. The number of ether oxygens (including phenoxy) is 1. The van der Waals surface area contributed by atoms with E-state index in [2.05, 4.69) is 5.32 Å². The van der Waals surface area contributed by atoms with E-state index in [-0.39, 0.29) is 5.69 Å². The van der Waals surface area contributed by atoms with Gasteiger partial charge in [-0.1, -0.05) is 35.9 Å². The molecule has 0 saturated carbocycles. The van der Waals surface area contributed by atoms with Gasteiger partial charge in [0.05, 0.1) is 18.6 Å². The summed E-state index contributed by atoms with van der Waals surface area (Å²) in [4.78, 5) is 12.6. The molecule has 0 unspecified atom stereocenters. The quantitative estimate of drug-likeness (QED) is 0.299. The van der Waals surface area contributed by atoms with Crippen LogP contribution in [0.1, 0.15) is 25.0 Å². The Bertz CT molecular complexity index is 1360. The van der Waals surface area contributed by atoms with Gasteiger partial charge in [0, 0.05) is 33.2 Å². The normalized spacial score (nSPS) is 11.6. The summed E-state index contributed by atoms with van der Waals surface area (Å²) in [6.45, 7) is 6.11. The van der Waals surface area contributed by atoms with Gasteiger partial charge in [0.15, 0.2) is 0 Å². The molecule has 0 fully saturated rings. The summed E-state index contributed by atoms with van der Waals surface area (Å²) in [6, 6.07) is 15.5. The van der Waals surface area contributed by atoms with E-state index in [1.165, 1.54) is 18.2 Å². The van der Waals surface area contributed by atoms with Crippen LogP contribution in [-0.2, 0) is 4.79 Å². The molecule has 4 nitrogen and oxygen atoms in total. The van der Waals surface area contributed by atoms with Crippen molar-refractivity contribution in [2.75, 3.05) is 11.9 Å². The molecular weight excluding hydrogens is 441 g/mol. The highest BCUT2D eigenvalue weighted by Crippen LogP contribution is 2.41. The topological polar surface area (TPSA) is 51.5 Å². The van der Waals surface area contributed by atoms with Crippen LogP contribution in [0.4, 0.5) is 10.1 Å². The first-order valence-electron chi connectivity index (χ1n) is 10.6. The number of benzene rings is 3. The second kappa shape index (κ2) is 9.51. The summed E-state index contributed by atoms with van der Waals surface area (Å²) in [5.41, 5.74) is 5.01. The fourth-order valence-corrected chi connectivity index (χ4v) is 3.92. The molecule has 168 valence electrons. The Balaban J connectivity index is 1.79. The molecular formula is C27H23ClFNO3. The lowest BCUT2D eigenvalue weighted by Crippen LogP contribution is -2.10. The van der Waals surface area contributed by atoms with Gasteiger partial charge in [0.2, 0.25) is 5.91 Å². The standard InChI is InChI=1S/C27H23ClFNO3/c1-4-32-26-17(3)27-21(22(15-33-27)18-9-11-19(28)12-10-18)14-20(26)16(2)13-25(31)30-24-8-6-5-7-23(24)29/h5-15H,4H2,1-3H3,(H,30,31)/b16-13+. The molecule has 1 amide bonds. The van der Waals surface area contributed by atoms with Gasteiger partial charge in [0.1, 0.15) is 17.1 Å². The van der Waals surface area contributed by atoms with Crippen molar-refractivity contribution in [3.05, 3.63) is 88.9 Å².